The van der Waals surface area contributed by atoms with E-state index in [9.17, 15) is 0 Å². The minimum absolute atomic E-state index is 0.647. The third kappa shape index (κ3) is 4.54. The molecule has 6 heteroatoms. The van der Waals surface area contributed by atoms with Gasteiger partial charge in [0, 0.05) is 73.4 Å². The fraction of sp³-hybridized carbons (Fsp3) is 0. The van der Waals surface area contributed by atoms with Crippen molar-refractivity contribution in [2.24, 2.45) is 0 Å². The number of fused-ring (bicyclic) bond motifs is 9. The first-order chi connectivity index (χ1) is 25.2. The van der Waals surface area contributed by atoms with Crippen molar-refractivity contribution in [3.8, 4) is 45.3 Å². The number of benzene rings is 7. The van der Waals surface area contributed by atoms with Crippen molar-refractivity contribution in [1.82, 2.24) is 15.0 Å². The van der Waals surface area contributed by atoms with Crippen molar-refractivity contribution in [3.63, 3.8) is 0 Å². The topological polar surface area (TPSA) is 51.8 Å². The molecule has 4 nitrogen and oxygen atoms in total. The van der Waals surface area contributed by atoms with Crippen molar-refractivity contribution in [2.75, 3.05) is 0 Å². The highest BCUT2D eigenvalue weighted by molar-refractivity contribution is 7.26. The maximum absolute atomic E-state index is 6.50. The first kappa shape index (κ1) is 28.6. The van der Waals surface area contributed by atoms with Crippen LogP contribution in [0.3, 0.4) is 0 Å². The van der Waals surface area contributed by atoms with Crippen LogP contribution in [0.4, 0.5) is 0 Å². The lowest BCUT2D eigenvalue weighted by molar-refractivity contribution is 0.670. The standard InChI is InChI=1S/C45H25N3OS2/c1-2-10-26(11-3-1)43-46-44(48-45(47-43)28-20-22-31-30-13-5-7-18-37(30)51-40(31)25-28)27-21-23-38-35(24-27)41-32(14-9-19-39(41)50-38)34-16-8-15-33-29-12-4-6-17-36(29)49-42(33)34/h1-25H. The lowest BCUT2D eigenvalue weighted by Gasteiger charge is -2.09. The molecule has 7 aromatic carbocycles. The molecule has 0 aliphatic heterocycles. The summed E-state index contributed by atoms with van der Waals surface area (Å²) in [5.74, 6) is 1.96. The predicted octanol–water partition coefficient (Wildman–Crippen LogP) is 13.2. The molecule has 0 aliphatic rings. The van der Waals surface area contributed by atoms with Gasteiger partial charge in [0.15, 0.2) is 17.5 Å². The van der Waals surface area contributed by atoms with Crippen LogP contribution in [0.15, 0.2) is 156 Å². The second-order valence-electron chi connectivity index (χ2n) is 12.8. The SMILES string of the molecule is c1ccc(-c2nc(-c3ccc4c(c3)sc3ccccc34)nc(-c3ccc4sc5cccc(-c6cccc7c6oc6ccccc67)c5c4c3)n2)cc1. The molecule has 0 saturated carbocycles. The monoisotopic (exact) mass is 687 g/mol. The van der Waals surface area contributed by atoms with Gasteiger partial charge in [-0.15, -0.1) is 22.7 Å². The predicted molar refractivity (Wildman–Crippen MR) is 215 cm³/mol. The van der Waals surface area contributed by atoms with Crippen LogP contribution >= 0.6 is 22.7 Å². The van der Waals surface area contributed by atoms with E-state index in [1.807, 2.05) is 30.3 Å². The van der Waals surface area contributed by atoms with E-state index in [0.717, 1.165) is 49.8 Å². The number of aromatic nitrogens is 3. The first-order valence-electron chi connectivity index (χ1n) is 16.8. The summed E-state index contributed by atoms with van der Waals surface area (Å²) >= 11 is 3.60. The highest BCUT2D eigenvalue weighted by Crippen LogP contribution is 2.44. The Hall–Kier alpha value is -6.21. The Morgan fingerprint density at radius 1 is 0.373 bits per heavy atom. The molecular formula is C45H25N3OS2. The molecule has 0 radical (unpaired) electrons. The van der Waals surface area contributed by atoms with E-state index in [-0.39, 0.29) is 0 Å². The van der Waals surface area contributed by atoms with Gasteiger partial charge in [0.1, 0.15) is 11.2 Å². The summed E-state index contributed by atoms with van der Waals surface area (Å²) in [7, 11) is 0. The third-order valence-electron chi connectivity index (χ3n) is 9.75. The molecule has 0 saturated heterocycles. The van der Waals surface area contributed by atoms with Crippen LogP contribution < -0.4 is 0 Å². The van der Waals surface area contributed by atoms with Gasteiger partial charge in [-0.25, -0.2) is 15.0 Å². The Balaban J connectivity index is 1.11. The number of para-hydroxylation sites is 2. The van der Waals surface area contributed by atoms with Crippen LogP contribution in [-0.2, 0) is 0 Å². The maximum atomic E-state index is 6.50. The van der Waals surface area contributed by atoms with E-state index < -0.39 is 0 Å². The third-order valence-corrected chi connectivity index (χ3v) is 12.0. The van der Waals surface area contributed by atoms with E-state index in [2.05, 4.69) is 121 Å². The van der Waals surface area contributed by atoms with Gasteiger partial charge in [0.25, 0.3) is 0 Å². The molecule has 0 aliphatic carbocycles. The number of hydrogen-bond donors (Lipinski definition) is 0. The van der Waals surface area contributed by atoms with E-state index in [0.29, 0.717) is 17.5 Å². The summed E-state index contributed by atoms with van der Waals surface area (Å²) in [6.07, 6.45) is 0. The van der Waals surface area contributed by atoms with Gasteiger partial charge < -0.3 is 4.42 Å². The quantitative estimate of drug-likeness (QED) is 0.185. The Morgan fingerprint density at radius 3 is 1.86 bits per heavy atom. The minimum Gasteiger partial charge on any atom is -0.455 e. The number of rotatable bonds is 4. The molecule has 11 aromatic rings. The number of nitrogens with zero attached hydrogens (tertiary/aromatic N) is 3. The molecule has 0 atom stereocenters. The van der Waals surface area contributed by atoms with Crippen molar-refractivity contribution in [1.29, 1.82) is 0 Å². The normalized spacial score (nSPS) is 11.9. The fourth-order valence-electron chi connectivity index (χ4n) is 7.37. The molecule has 238 valence electrons. The summed E-state index contributed by atoms with van der Waals surface area (Å²) in [4.78, 5) is 15.3. The Bertz CT molecular complexity index is 3160. The zero-order valence-corrected chi connectivity index (χ0v) is 28.6. The van der Waals surface area contributed by atoms with Crippen LogP contribution in [0, 0.1) is 0 Å². The second kappa shape index (κ2) is 11.2. The number of thiophene rings is 2. The average Bonchev–Trinajstić information content (AvgIpc) is 3.88. The lowest BCUT2D eigenvalue weighted by Crippen LogP contribution is -2.00. The molecule has 0 fully saturated rings. The largest absolute Gasteiger partial charge is 0.455 e. The molecule has 0 spiro atoms. The summed E-state index contributed by atoms with van der Waals surface area (Å²) in [5, 5.41) is 7.16. The van der Waals surface area contributed by atoms with E-state index in [1.54, 1.807) is 22.7 Å². The van der Waals surface area contributed by atoms with Crippen molar-refractivity contribution < 1.29 is 4.42 Å². The highest BCUT2D eigenvalue weighted by atomic mass is 32.1. The van der Waals surface area contributed by atoms with Gasteiger partial charge in [-0.05, 0) is 48.0 Å². The molecule has 4 aromatic heterocycles. The van der Waals surface area contributed by atoms with Gasteiger partial charge >= 0.3 is 0 Å². The fourth-order valence-corrected chi connectivity index (χ4v) is 9.62. The number of hydrogen-bond acceptors (Lipinski definition) is 6. The van der Waals surface area contributed by atoms with Crippen molar-refractivity contribution in [3.05, 3.63) is 152 Å². The summed E-state index contributed by atoms with van der Waals surface area (Å²) < 4.78 is 11.4. The zero-order chi connectivity index (χ0) is 33.5. The van der Waals surface area contributed by atoms with Crippen molar-refractivity contribution >= 4 is 85.0 Å². The van der Waals surface area contributed by atoms with Gasteiger partial charge in [-0.2, -0.15) is 0 Å². The van der Waals surface area contributed by atoms with E-state index in [4.69, 9.17) is 19.4 Å². The molecule has 4 heterocycles. The van der Waals surface area contributed by atoms with Gasteiger partial charge in [-0.3, -0.25) is 0 Å². The second-order valence-corrected chi connectivity index (χ2v) is 14.9. The summed E-state index contributed by atoms with van der Waals surface area (Å²) in [6.45, 7) is 0. The van der Waals surface area contributed by atoms with Gasteiger partial charge in [0.05, 0.1) is 0 Å². The molecule has 0 bridgehead atoms. The van der Waals surface area contributed by atoms with Crippen molar-refractivity contribution in [2.45, 2.75) is 0 Å². The summed E-state index contributed by atoms with van der Waals surface area (Å²) in [6, 6.07) is 53.2. The maximum Gasteiger partial charge on any atom is 0.164 e. The Kier molecular flexibility index (Phi) is 6.26. The van der Waals surface area contributed by atoms with Gasteiger partial charge in [0.2, 0.25) is 0 Å². The van der Waals surface area contributed by atoms with Crippen LogP contribution in [0.5, 0.6) is 0 Å². The lowest BCUT2D eigenvalue weighted by atomic mass is 9.97. The Morgan fingerprint density at radius 2 is 0.980 bits per heavy atom. The van der Waals surface area contributed by atoms with Crippen LogP contribution in [0.1, 0.15) is 0 Å². The van der Waals surface area contributed by atoms with E-state index in [1.165, 1.54) is 40.3 Å². The molecular weight excluding hydrogens is 663 g/mol. The zero-order valence-electron chi connectivity index (χ0n) is 27.0. The van der Waals surface area contributed by atoms with Crippen LogP contribution in [0.2, 0.25) is 0 Å². The smallest absolute Gasteiger partial charge is 0.164 e. The summed E-state index contributed by atoms with van der Waals surface area (Å²) in [5.41, 5.74) is 6.92. The van der Waals surface area contributed by atoms with Crippen LogP contribution in [-0.4, -0.2) is 15.0 Å². The molecule has 0 unspecified atom stereocenters. The molecule has 51 heavy (non-hydrogen) atoms. The minimum atomic E-state index is 0.647. The van der Waals surface area contributed by atoms with Crippen LogP contribution in [0.25, 0.3) is 108 Å². The van der Waals surface area contributed by atoms with Gasteiger partial charge in [-0.1, -0.05) is 109 Å². The molecule has 0 amide bonds. The number of furan rings is 1. The molecule has 0 N–H and O–H groups in total. The average molecular weight is 688 g/mol. The van der Waals surface area contributed by atoms with E-state index >= 15 is 0 Å². The highest BCUT2D eigenvalue weighted by Gasteiger charge is 2.19. The molecule has 11 rings (SSSR count). The first-order valence-corrected chi connectivity index (χ1v) is 18.5. The Labute approximate surface area is 299 Å².